The normalized spacial score (nSPS) is 10.1. The minimum Gasteiger partial charge on any atom is -0.395 e. The summed E-state index contributed by atoms with van der Waals surface area (Å²) in [5, 5.41) is 28.8. The standard InChI is InChI=1S/C12H11N.C6H15NO3/c1-3-7-11(8-4-1)13-12-9-5-2-6-10-12;8-4-1-7(2-5-9)3-6-10/h1-10,13H;8-10H,1-6H2. The lowest BCUT2D eigenvalue weighted by Gasteiger charge is -2.17. The van der Waals surface area contributed by atoms with Gasteiger partial charge < -0.3 is 20.6 Å². The minimum absolute atomic E-state index is 0.0694. The number of aliphatic hydroxyl groups is 3. The first-order chi connectivity index (χ1) is 11.3. The maximum Gasteiger partial charge on any atom is 0.0558 e. The fraction of sp³-hybridized carbons (Fsp3) is 0.333. The molecule has 0 unspecified atom stereocenters. The van der Waals surface area contributed by atoms with Gasteiger partial charge in [0.25, 0.3) is 0 Å². The Morgan fingerprint density at radius 1 is 0.609 bits per heavy atom. The highest BCUT2D eigenvalue weighted by molar-refractivity contribution is 5.58. The van der Waals surface area contributed by atoms with Gasteiger partial charge in [-0.1, -0.05) is 36.4 Å². The SMILES string of the molecule is OCCN(CCO)CCO.c1ccc(Nc2ccccc2)cc1. The van der Waals surface area contributed by atoms with Crippen LogP contribution in [-0.2, 0) is 0 Å². The smallest absolute Gasteiger partial charge is 0.0558 e. The number of anilines is 2. The highest BCUT2D eigenvalue weighted by Gasteiger charge is 2.00. The molecule has 126 valence electrons. The minimum atomic E-state index is 0.0694. The summed E-state index contributed by atoms with van der Waals surface area (Å²) in [5.74, 6) is 0. The largest absolute Gasteiger partial charge is 0.395 e. The second-order valence-corrected chi connectivity index (χ2v) is 4.87. The number of hydrogen-bond acceptors (Lipinski definition) is 5. The first-order valence-electron chi connectivity index (χ1n) is 7.72. The lowest BCUT2D eigenvalue weighted by atomic mass is 10.3. The highest BCUT2D eigenvalue weighted by atomic mass is 16.3. The van der Waals surface area contributed by atoms with Crippen molar-refractivity contribution in [2.45, 2.75) is 0 Å². The molecule has 0 heterocycles. The summed E-state index contributed by atoms with van der Waals surface area (Å²) < 4.78 is 0. The van der Waals surface area contributed by atoms with Crippen LogP contribution in [0.1, 0.15) is 0 Å². The van der Waals surface area contributed by atoms with Crippen molar-refractivity contribution in [3.63, 3.8) is 0 Å². The predicted octanol–water partition coefficient (Wildman–Crippen LogP) is 1.70. The molecule has 0 aromatic heterocycles. The molecule has 0 spiro atoms. The van der Waals surface area contributed by atoms with E-state index < -0.39 is 0 Å². The first kappa shape index (κ1) is 19.1. The van der Waals surface area contributed by atoms with Crippen LogP contribution in [0.3, 0.4) is 0 Å². The lowest BCUT2D eigenvalue weighted by molar-refractivity contribution is 0.136. The maximum atomic E-state index is 8.48. The Bertz CT molecular complexity index is 442. The molecule has 0 aliphatic rings. The molecule has 2 rings (SSSR count). The number of nitrogens with one attached hydrogen (secondary N) is 1. The van der Waals surface area contributed by atoms with Gasteiger partial charge >= 0.3 is 0 Å². The summed E-state index contributed by atoms with van der Waals surface area (Å²) in [6.07, 6.45) is 0. The van der Waals surface area contributed by atoms with Gasteiger partial charge in [0.2, 0.25) is 0 Å². The molecular weight excluding hydrogens is 292 g/mol. The van der Waals surface area contributed by atoms with Crippen LogP contribution < -0.4 is 5.32 Å². The molecule has 0 aliphatic heterocycles. The zero-order valence-electron chi connectivity index (χ0n) is 13.3. The number of hydrogen-bond donors (Lipinski definition) is 4. The van der Waals surface area contributed by atoms with Gasteiger partial charge in [0, 0.05) is 31.0 Å². The zero-order valence-corrected chi connectivity index (χ0v) is 13.3. The Balaban J connectivity index is 0.000000241. The number of rotatable bonds is 8. The van der Waals surface area contributed by atoms with E-state index in [0.29, 0.717) is 19.6 Å². The van der Waals surface area contributed by atoms with E-state index in [1.165, 1.54) is 0 Å². The third kappa shape index (κ3) is 8.95. The van der Waals surface area contributed by atoms with E-state index >= 15 is 0 Å². The van der Waals surface area contributed by atoms with Crippen LogP contribution in [-0.4, -0.2) is 59.7 Å². The summed E-state index contributed by atoms with van der Waals surface area (Å²) in [4.78, 5) is 1.79. The molecule has 23 heavy (non-hydrogen) atoms. The molecule has 0 saturated heterocycles. The summed E-state index contributed by atoms with van der Waals surface area (Å²) in [6, 6.07) is 20.3. The Kier molecular flexibility index (Phi) is 10.5. The number of nitrogens with zero attached hydrogens (tertiary/aromatic N) is 1. The van der Waals surface area contributed by atoms with Crippen molar-refractivity contribution >= 4 is 11.4 Å². The summed E-state index contributed by atoms with van der Waals surface area (Å²) in [6.45, 7) is 1.75. The van der Waals surface area contributed by atoms with Gasteiger partial charge in [0.05, 0.1) is 19.8 Å². The second-order valence-electron chi connectivity index (χ2n) is 4.87. The molecule has 2 aromatic carbocycles. The Hall–Kier alpha value is -1.92. The fourth-order valence-electron chi connectivity index (χ4n) is 1.97. The number of aliphatic hydroxyl groups excluding tert-OH is 3. The Labute approximate surface area is 137 Å². The van der Waals surface area contributed by atoms with Crippen LogP contribution in [0.4, 0.5) is 11.4 Å². The van der Waals surface area contributed by atoms with Crippen molar-refractivity contribution < 1.29 is 15.3 Å². The van der Waals surface area contributed by atoms with Crippen molar-refractivity contribution in [2.24, 2.45) is 0 Å². The Morgan fingerprint density at radius 3 is 1.26 bits per heavy atom. The van der Waals surface area contributed by atoms with E-state index in [-0.39, 0.29) is 19.8 Å². The third-order valence-corrected chi connectivity index (χ3v) is 3.08. The molecule has 2 aromatic rings. The van der Waals surface area contributed by atoms with E-state index in [1.54, 1.807) is 4.90 Å². The molecule has 0 aliphatic carbocycles. The Morgan fingerprint density at radius 2 is 0.957 bits per heavy atom. The maximum absolute atomic E-state index is 8.48. The molecular formula is C18H26N2O3. The van der Waals surface area contributed by atoms with E-state index in [4.69, 9.17) is 15.3 Å². The zero-order chi connectivity index (χ0) is 16.8. The molecule has 0 amide bonds. The average Bonchev–Trinajstić information content (AvgIpc) is 2.58. The van der Waals surface area contributed by atoms with E-state index in [0.717, 1.165) is 11.4 Å². The van der Waals surface area contributed by atoms with Crippen molar-refractivity contribution in [2.75, 3.05) is 44.8 Å². The van der Waals surface area contributed by atoms with Crippen molar-refractivity contribution in [1.82, 2.24) is 4.90 Å². The molecule has 0 saturated carbocycles. The lowest BCUT2D eigenvalue weighted by Crippen LogP contribution is -2.32. The third-order valence-electron chi connectivity index (χ3n) is 3.08. The van der Waals surface area contributed by atoms with Crippen LogP contribution in [0.5, 0.6) is 0 Å². The van der Waals surface area contributed by atoms with E-state index in [2.05, 4.69) is 5.32 Å². The topological polar surface area (TPSA) is 76.0 Å². The quantitative estimate of drug-likeness (QED) is 0.596. The molecule has 0 atom stereocenters. The average molecular weight is 318 g/mol. The second kappa shape index (κ2) is 12.6. The van der Waals surface area contributed by atoms with Gasteiger partial charge in [0.1, 0.15) is 0 Å². The molecule has 0 bridgehead atoms. The summed E-state index contributed by atoms with van der Waals surface area (Å²) in [5.41, 5.74) is 2.24. The first-order valence-corrected chi connectivity index (χ1v) is 7.72. The van der Waals surface area contributed by atoms with Gasteiger partial charge in [-0.05, 0) is 24.3 Å². The predicted molar refractivity (Wildman–Crippen MR) is 93.9 cm³/mol. The highest BCUT2D eigenvalue weighted by Crippen LogP contribution is 2.14. The van der Waals surface area contributed by atoms with Crippen LogP contribution in [0.25, 0.3) is 0 Å². The van der Waals surface area contributed by atoms with Gasteiger partial charge in [-0.3, -0.25) is 4.90 Å². The van der Waals surface area contributed by atoms with Crippen LogP contribution in [0.15, 0.2) is 60.7 Å². The van der Waals surface area contributed by atoms with Gasteiger partial charge in [-0.2, -0.15) is 0 Å². The van der Waals surface area contributed by atoms with Crippen LogP contribution in [0.2, 0.25) is 0 Å². The molecule has 0 fully saturated rings. The van der Waals surface area contributed by atoms with Gasteiger partial charge in [0.15, 0.2) is 0 Å². The number of para-hydroxylation sites is 2. The monoisotopic (exact) mass is 318 g/mol. The summed E-state index contributed by atoms with van der Waals surface area (Å²) >= 11 is 0. The van der Waals surface area contributed by atoms with Crippen molar-refractivity contribution in [3.8, 4) is 0 Å². The molecule has 5 heteroatoms. The molecule has 4 N–H and O–H groups in total. The van der Waals surface area contributed by atoms with Crippen molar-refractivity contribution in [1.29, 1.82) is 0 Å². The van der Waals surface area contributed by atoms with Crippen molar-refractivity contribution in [3.05, 3.63) is 60.7 Å². The van der Waals surface area contributed by atoms with Crippen LogP contribution >= 0.6 is 0 Å². The molecule has 5 nitrogen and oxygen atoms in total. The number of benzene rings is 2. The van der Waals surface area contributed by atoms with Gasteiger partial charge in [-0.25, -0.2) is 0 Å². The van der Waals surface area contributed by atoms with E-state index in [1.807, 2.05) is 60.7 Å². The molecule has 0 radical (unpaired) electrons. The fourth-order valence-corrected chi connectivity index (χ4v) is 1.97. The van der Waals surface area contributed by atoms with Gasteiger partial charge in [-0.15, -0.1) is 0 Å². The summed E-state index contributed by atoms with van der Waals surface area (Å²) in [7, 11) is 0. The van der Waals surface area contributed by atoms with Crippen LogP contribution in [0, 0.1) is 0 Å². The van der Waals surface area contributed by atoms with E-state index in [9.17, 15) is 0 Å².